The predicted octanol–water partition coefficient (Wildman–Crippen LogP) is 6.70. The van der Waals surface area contributed by atoms with Crippen molar-refractivity contribution < 1.29 is 9.90 Å². The molecule has 3 nitrogen and oxygen atoms in total. The highest BCUT2D eigenvalue weighted by Gasteiger charge is 2.25. The first kappa shape index (κ1) is 24.4. The smallest absolute Gasteiger partial charge is 0.323 e. The van der Waals surface area contributed by atoms with E-state index < -0.39 is 11.5 Å². The standard InChI is InChI=1S/C22H45NO2/c1-4-5-6-7-8-9-10-11-12-13-14-15-16-17-18-19-20-23-22(2,3)21(24)25/h23H,4-20H2,1-3H3,(H,24,25). The molecule has 3 heteroatoms. The van der Waals surface area contributed by atoms with Crippen LogP contribution in [-0.2, 0) is 4.79 Å². The Morgan fingerprint density at radius 3 is 1.32 bits per heavy atom. The van der Waals surface area contributed by atoms with Gasteiger partial charge >= 0.3 is 5.97 Å². The lowest BCUT2D eigenvalue weighted by atomic mass is 10.0. The summed E-state index contributed by atoms with van der Waals surface area (Å²) in [6.45, 7) is 6.53. The van der Waals surface area contributed by atoms with Gasteiger partial charge in [-0.05, 0) is 26.8 Å². The molecule has 0 radical (unpaired) electrons. The van der Waals surface area contributed by atoms with Crippen LogP contribution in [0.1, 0.15) is 124 Å². The summed E-state index contributed by atoms with van der Waals surface area (Å²) in [4.78, 5) is 11.0. The van der Waals surface area contributed by atoms with E-state index in [-0.39, 0.29) is 0 Å². The molecule has 150 valence electrons. The second kappa shape index (κ2) is 16.9. The molecule has 0 aromatic rings. The fraction of sp³-hybridized carbons (Fsp3) is 0.955. The fourth-order valence-corrected chi connectivity index (χ4v) is 3.15. The molecule has 0 spiro atoms. The van der Waals surface area contributed by atoms with Crippen molar-refractivity contribution in [2.75, 3.05) is 6.54 Å². The van der Waals surface area contributed by atoms with Crippen LogP contribution in [-0.4, -0.2) is 23.2 Å². The van der Waals surface area contributed by atoms with Gasteiger partial charge < -0.3 is 10.4 Å². The van der Waals surface area contributed by atoms with Crippen LogP contribution in [0.5, 0.6) is 0 Å². The molecular formula is C22H45NO2. The van der Waals surface area contributed by atoms with Crippen molar-refractivity contribution in [3.8, 4) is 0 Å². The number of rotatable bonds is 19. The molecular weight excluding hydrogens is 310 g/mol. The number of hydrogen-bond donors (Lipinski definition) is 2. The summed E-state index contributed by atoms with van der Waals surface area (Å²) < 4.78 is 0. The van der Waals surface area contributed by atoms with Crippen molar-refractivity contribution >= 4 is 5.97 Å². The molecule has 25 heavy (non-hydrogen) atoms. The Morgan fingerprint density at radius 2 is 1.00 bits per heavy atom. The Balaban J connectivity index is 3.13. The van der Waals surface area contributed by atoms with Crippen LogP contribution in [0.15, 0.2) is 0 Å². The van der Waals surface area contributed by atoms with Gasteiger partial charge in [-0.3, -0.25) is 4.79 Å². The first-order chi connectivity index (χ1) is 12.0. The van der Waals surface area contributed by atoms with E-state index in [1.54, 1.807) is 13.8 Å². The molecule has 0 atom stereocenters. The van der Waals surface area contributed by atoms with E-state index >= 15 is 0 Å². The summed E-state index contributed by atoms with van der Waals surface area (Å²) in [5.41, 5.74) is -0.796. The monoisotopic (exact) mass is 355 g/mol. The average molecular weight is 356 g/mol. The third-order valence-electron chi connectivity index (χ3n) is 5.13. The maximum Gasteiger partial charge on any atom is 0.323 e. The van der Waals surface area contributed by atoms with Crippen molar-refractivity contribution in [3.05, 3.63) is 0 Å². The van der Waals surface area contributed by atoms with Gasteiger partial charge in [-0.25, -0.2) is 0 Å². The zero-order valence-corrected chi connectivity index (χ0v) is 17.4. The molecule has 0 aromatic heterocycles. The first-order valence-corrected chi connectivity index (χ1v) is 11.0. The van der Waals surface area contributed by atoms with Crippen LogP contribution in [0.4, 0.5) is 0 Å². The van der Waals surface area contributed by atoms with Crippen molar-refractivity contribution in [2.45, 2.75) is 129 Å². The van der Waals surface area contributed by atoms with E-state index in [2.05, 4.69) is 12.2 Å². The number of unbranched alkanes of at least 4 members (excludes halogenated alkanes) is 15. The second-order valence-electron chi connectivity index (χ2n) is 8.16. The Bertz CT molecular complexity index is 302. The topological polar surface area (TPSA) is 49.3 Å². The zero-order chi connectivity index (χ0) is 18.8. The van der Waals surface area contributed by atoms with Crippen LogP contribution < -0.4 is 5.32 Å². The molecule has 2 N–H and O–H groups in total. The lowest BCUT2D eigenvalue weighted by Gasteiger charge is -2.20. The normalized spacial score (nSPS) is 11.8. The van der Waals surface area contributed by atoms with E-state index in [1.165, 1.54) is 96.3 Å². The van der Waals surface area contributed by atoms with Crippen molar-refractivity contribution in [1.29, 1.82) is 0 Å². The summed E-state index contributed by atoms with van der Waals surface area (Å²) in [6.07, 6.45) is 21.9. The van der Waals surface area contributed by atoms with Gasteiger partial charge in [0.25, 0.3) is 0 Å². The van der Waals surface area contributed by atoms with E-state index in [1.807, 2.05) is 0 Å². The molecule has 0 unspecified atom stereocenters. The van der Waals surface area contributed by atoms with E-state index in [0.717, 1.165) is 13.0 Å². The highest BCUT2D eigenvalue weighted by atomic mass is 16.4. The zero-order valence-electron chi connectivity index (χ0n) is 17.4. The molecule has 0 rings (SSSR count). The molecule has 0 bridgehead atoms. The van der Waals surface area contributed by atoms with Gasteiger partial charge in [0, 0.05) is 0 Å². The van der Waals surface area contributed by atoms with Gasteiger partial charge in [-0.15, -0.1) is 0 Å². The molecule has 0 amide bonds. The van der Waals surface area contributed by atoms with E-state index in [4.69, 9.17) is 5.11 Å². The fourth-order valence-electron chi connectivity index (χ4n) is 3.15. The maximum absolute atomic E-state index is 11.0. The number of carboxylic acids is 1. The Labute approximate surface area is 157 Å². The Kier molecular flexibility index (Phi) is 16.5. The van der Waals surface area contributed by atoms with Crippen molar-refractivity contribution in [1.82, 2.24) is 5.32 Å². The van der Waals surface area contributed by atoms with Crippen molar-refractivity contribution in [3.63, 3.8) is 0 Å². The van der Waals surface area contributed by atoms with Gasteiger partial charge in [-0.2, -0.15) is 0 Å². The third-order valence-corrected chi connectivity index (χ3v) is 5.13. The summed E-state index contributed by atoms with van der Waals surface area (Å²) in [6, 6.07) is 0. The minimum absolute atomic E-state index is 0.774. The van der Waals surface area contributed by atoms with Crippen LogP contribution in [0.25, 0.3) is 0 Å². The predicted molar refractivity (Wildman–Crippen MR) is 109 cm³/mol. The van der Waals surface area contributed by atoms with Crippen molar-refractivity contribution in [2.24, 2.45) is 0 Å². The lowest BCUT2D eigenvalue weighted by molar-refractivity contribution is -0.143. The number of carboxylic acid groups (broad SMARTS) is 1. The number of nitrogens with one attached hydrogen (secondary N) is 1. The van der Waals surface area contributed by atoms with E-state index in [0.29, 0.717) is 0 Å². The summed E-state index contributed by atoms with van der Waals surface area (Å²) in [5.74, 6) is -0.774. The first-order valence-electron chi connectivity index (χ1n) is 11.0. The maximum atomic E-state index is 11.0. The van der Waals surface area contributed by atoms with Crippen LogP contribution in [0.3, 0.4) is 0 Å². The van der Waals surface area contributed by atoms with Gasteiger partial charge in [-0.1, -0.05) is 103 Å². The third kappa shape index (κ3) is 16.6. The highest BCUT2D eigenvalue weighted by Crippen LogP contribution is 2.13. The Hall–Kier alpha value is -0.570. The molecule has 0 fully saturated rings. The van der Waals surface area contributed by atoms with Crippen LogP contribution in [0, 0.1) is 0 Å². The quantitative estimate of drug-likeness (QED) is 0.253. The van der Waals surface area contributed by atoms with Crippen LogP contribution in [0.2, 0.25) is 0 Å². The van der Waals surface area contributed by atoms with Gasteiger partial charge in [0.1, 0.15) is 5.54 Å². The van der Waals surface area contributed by atoms with E-state index in [9.17, 15) is 4.79 Å². The minimum Gasteiger partial charge on any atom is -0.480 e. The highest BCUT2D eigenvalue weighted by molar-refractivity contribution is 5.77. The average Bonchev–Trinajstić information content (AvgIpc) is 2.57. The molecule has 0 heterocycles. The molecule has 0 aliphatic carbocycles. The second-order valence-corrected chi connectivity index (χ2v) is 8.16. The minimum atomic E-state index is -0.796. The number of aliphatic carboxylic acids is 1. The summed E-state index contributed by atoms with van der Waals surface area (Å²) in [7, 11) is 0. The SMILES string of the molecule is CCCCCCCCCCCCCCCCCCNC(C)(C)C(=O)O. The lowest BCUT2D eigenvalue weighted by Crippen LogP contribution is -2.46. The van der Waals surface area contributed by atoms with Gasteiger partial charge in [0.2, 0.25) is 0 Å². The summed E-state index contributed by atoms with van der Waals surface area (Å²) >= 11 is 0. The Morgan fingerprint density at radius 1 is 0.680 bits per heavy atom. The van der Waals surface area contributed by atoms with Gasteiger partial charge in [0.15, 0.2) is 0 Å². The van der Waals surface area contributed by atoms with Gasteiger partial charge in [0.05, 0.1) is 0 Å². The largest absolute Gasteiger partial charge is 0.480 e. The number of carbonyl (C=O) groups is 1. The molecule has 0 saturated heterocycles. The molecule has 0 aliphatic rings. The summed E-state index contributed by atoms with van der Waals surface area (Å²) in [5, 5.41) is 12.1. The number of hydrogen-bond acceptors (Lipinski definition) is 2. The molecule has 0 aromatic carbocycles. The van der Waals surface area contributed by atoms with Crippen LogP contribution >= 0.6 is 0 Å². The molecule has 0 aliphatic heterocycles. The molecule has 0 saturated carbocycles.